The smallest absolute Gasteiger partial charge is 0.261 e. The predicted octanol–water partition coefficient (Wildman–Crippen LogP) is -0.928. The van der Waals surface area contributed by atoms with Crippen LogP contribution in [0.2, 0.25) is 0 Å². The average molecular weight is 280 g/mol. The molecule has 3 heteroatoms. The molecule has 0 spiro atoms. The number of hydrogen-bond acceptors (Lipinski definition) is 1. The Kier molecular flexibility index (Phi) is 3.04. The van der Waals surface area contributed by atoms with Crippen LogP contribution in [-0.2, 0) is 10.1 Å². The number of nitrogens with zero attached hydrogens (tertiary/aromatic N) is 1. The van der Waals surface area contributed by atoms with Crippen molar-refractivity contribution in [2.45, 2.75) is 23.9 Å². The Bertz CT molecular complexity index is 250. The maximum Gasteiger partial charge on any atom is 0.319 e. The lowest BCUT2D eigenvalue weighted by Crippen LogP contribution is -3.40. The van der Waals surface area contributed by atoms with Gasteiger partial charge in [0.1, 0.15) is 0 Å². The molecule has 1 rings (SSSR count). The molecule has 0 aliphatic carbocycles. The minimum absolute atomic E-state index is 0.643. The Labute approximate surface area is 85.5 Å². The number of aryl methyl sites for hydroxylation is 1. The van der Waals surface area contributed by atoms with Crippen LogP contribution < -0.4 is 22.6 Å². The molecule has 0 bridgehead atoms. The fourth-order valence-corrected chi connectivity index (χ4v) is 1.24. The number of alkyl halides is 2. The lowest BCUT2D eigenvalue weighted by molar-refractivity contribution is -0.528. The van der Waals surface area contributed by atoms with Gasteiger partial charge < -0.3 is 0 Å². The SMILES string of the molecule is CCc1ccc([C@@](C)(F)[IH+])cn1. The van der Waals surface area contributed by atoms with E-state index in [4.69, 9.17) is 0 Å². The van der Waals surface area contributed by atoms with Gasteiger partial charge in [0.15, 0.2) is 0 Å². The lowest BCUT2D eigenvalue weighted by Gasteiger charge is -2.04. The molecule has 1 nitrogen and oxygen atoms in total. The van der Waals surface area contributed by atoms with Crippen molar-refractivity contribution in [2.75, 3.05) is 0 Å². The fraction of sp³-hybridized carbons (Fsp3) is 0.444. The summed E-state index contributed by atoms with van der Waals surface area (Å²) in [6, 6.07) is 3.67. The molecule has 0 saturated heterocycles. The van der Waals surface area contributed by atoms with E-state index in [1.54, 1.807) is 19.2 Å². The molecule has 1 aromatic rings. The first-order valence-corrected chi connectivity index (χ1v) is 5.05. The van der Waals surface area contributed by atoms with Crippen molar-refractivity contribution in [3.05, 3.63) is 29.6 Å². The van der Waals surface area contributed by atoms with Crippen LogP contribution in [0.5, 0.6) is 0 Å². The largest absolute Gasteiger partial charge is 0.319 e. The summed E-state index contributed by atoms with van der Waals surface area (Å²) in [4.78, 5) is 4.13. The third-order valence-electron chi connectivity index (χ3n) is 1.70. The number of pyridine rings is 1. The minimum atomic E-state index is -1.27. The van der Waals surface area contributed by atoms with Crippen LogP contribution >= 0.6 is 0 Å². The van der Waals surface area contributed by atoms with E-state index in [1.807, 2.05) is 13.0 Å². The van der Waals surface area contributed by atoms with Crippen molar-refractivity contribution < 1.29 is 27.0 Å². The van der Waals surface area contributed by atoms with E-state index in [0.717, 1.165) is 12.1 Å². The molecule has 66 valence electrons. The number of halogens is 2. The summed E-state index contributed by atoms with van der Waals surface area (Å²) >= 11 is 1.46. The van der Waals surface area contributed by atoms with Gasteiger partial charge in [0.05, 0.1) is 5.56 Å². The first-order valence-electron chi connectivity index (χ1n) is 3.88. The van der Waals surface area contributed by atoms with Crippen molar-refractivity contribution in [1.29, 1.82) is 0 Å². The van der Waals surface area contributed by atoms with Gasteiger partial charge in [-0.05, 0) is 18.6 Å². The Morgan fingerprint density at radius 2 is 2.25 bits per heavy atom. The van der Waals surface area contributed by atoms with E-state index >= 15 is 0 Å². The molecule has 12 heavy (non-hydrogen) atoms. The van der Waals surface area contributed by atoms with E-state index in [1.165, 1.54) is 22.6 Å². The van der Waals surface area contributed by atoms with E-state index in [-0.39, 0.29) is 0 Å². The van der Waals surface area contributed by atoms with Gasteiger partial charge >= 0.3 is 26.3 Å². The van der Waals surface area contributed by atoms with E-state index in [0.29, 0.717) is 5.56 Å². The zero-order chi connectivity index (χ0) is 9.19. The molecule has 1 atom stereocenters. The Morgan fingerprint density at radius 3 is 2.58 bits per heavy atom. The Balaban J connectivity index is 2.93. The molecule has 0 N–H and O–H groups in total. The third-order valence-corrected chi connectivity index (χ3v) is 2.38. The monoisotopic (exact) mass is 280 g/mol. The van der Waals surface area contributed by atoms with Gasteiger partial charge in [-0.1, -0.05) is 6.92 Å². The van der Waals surface area contributed by atoms with Crippen molar-refractivity contribution in [1.82, 2.24) is 4.98 Å². The summed E-state index contributed by atoms with van der Waals surface area (Å²) in [6.07, 6.45) is 2.51. The second kappa shape index (κ2) is 3.68. The topological polar surface area (TPSA) is 12.9 Å². The Hall–Kier alpha value is -0.190. The fourth-order valence-electron chi connectivity index (χ4n) is 0.898. The summed E-state index contributed by atoms with van der Waals surface area (Å²) in [5.41, 5.74) is 1.65. The van der Waals surface area contributed by atoms with Crippen LogP contribution in [0.3, 0.4) is 0 Å². The van der Waals surface area contributed by atoms with Crippen LogP contribution in [-0.4, -0.2) is 4.98 Å². The maximum absolute atomic E-state index is 13.3. The molecule has 1 heterocycles. The van der Waals surface area contributed by atoms with Gasteiger partial charge in [-0.2, -0.15) is 4.39 Å². The van der Waals surface area contributed by atoms with E-state index in [2.05, 4.69) is 4.98 Å². The van der Waals surface area contributed by atoms with Crippen molar-refractivity contribution in [2.24, 2.45) is 0 Å². The molecular formula is C9H12FIN+. The second-order valence-electron chi connectivity index (χ2n) is 2.81. The molecule has 0 amide bonds. The molecule has 0 radical (unpaired) electrons. The maximum atomic E-state index is 13.3. The van der Waals surface area contributed by atoms with Crippen LogP contribution in [0.1, 0.15) is 25.1 Å². The molecule has 0 saturated carbocycles. The van der Waals surface area contributed by atoms with E-state index < -0.39 is 3.68 Å². The molecule has 0 fully saturated rings. The van der Waals surface area contributed by atoms with Gasteiger partial charge in [-0.15, -0.1) is 0 Å². The Morgan fingerprint density at radius 1 is 1.58 bits per heavy atom. The normalized spacial score (nSPS) is 15.7. The highest BCUT2D eigenvalue weighted by Gasteiger charge is 2.31. The highest BCUT2D eigenvalue weighted by atomic mass is 127. The first-order chi connectivity index (χ1) is 5.54. The summed E-state index contributed by atoms with van der Waals surface area (Å²) in [7, 11) is 0. The van der Waals surface area contributed by atoms with Crippen LogP contribution in [0.4, 0.5) is 4.39 Å². The third kappa shape index (κ3) is 2.40. The molecule has 0 aliphatic heterocycles. The highest BCUT2D eigenvalue weighted by molar-refractivity contribution is 5.17. The molecule has 0 aliphatic rings. The zero-order valence-corrected chi connectivity index (χ0v) is 9.50. The number of aromatic nitrogens is 1. The molecule has 0 aromatic carbocycles. The van der Waals surface area contributed by atoms with Crippen LogP contribution in [0.15, 0.2) is 18.3 Å². The molecule has 1 aromatic heterocycles. The zero-order valence-electron chi connectivity index (χ0n) is 7.17. The van der Waals surface area contributed by atoms with Crippen LogP contribution in [0.25, 0.3) is 0 Å². The summed E-state index contributed by atoms with van der Waals surface area (Å²) in [5.74, 6) is 0. The number of hydrogen-bond donors (Lipinski definition) is 0. The summed E-state index contributed by atoms with van der Waals surface area (Å²) < 4.78 is 12.1. The summed E-state index contributed by atoms with van der Waals surface area (Å²) in [5, 5.41) is 0. The predicted molar refractivity (Wildman–Crippen MR) is 43.5 cm³/mol. The standard InChI is InChI=1S/C9H12FIN/c1-3-8-5-4-7(6-12-8)9(2,10)11/h4-6,11H,3H2,1-2H3/q+1/t9-/m0/s1. The van der Waals surface area contributed by atoms with Crippen molar-refractivity contribution >= 4 is 0 Å². The quantitative estimate of drug-likeness (QED) is 0.504. The van der Waals surface area contributed by atoms with Gasteiger partial charge in [0, 0.05) is 18.8 Å². The molecule has 0 unspecified atom stereocenters. The van der Waals surface area contributed by atoms with Crippen molar-refractivity contribution in [3.8, 4) is 0 Å². The van der Waals surface area contributed by atoms with Crippen molar-refractivity contribution in [3.63, 3.8) is 0 Å². The highest BCUT2D eigenvalue weighted by Crippen LogP contribution is 2.14. The first kappa shape index (κ1) is 9.89. The minimum Gasteiger partial charge on any atom is -0.261 e. The van der Waals surface area contributed by atoms with Gasteiger partial charge in [-0.25, -0.2) is 0 Å². The van der Waals surface area contributed by atoms with Crippen LogP contribution in [0, 0.1) is 0 Å². The molecular weight excluding hydrogens is 268 g/mol. The summed E-state index contributed by atoms with van der Waals surface area (Å²) in [6.45, 7) is 3.57. The van der Waals surface area contributed by atoms with Gasteiger partial charge in [-0.3, -0.25) is 4.98 Å². The lowest BCUT2D eigenvalue weighted by atomic mass is 10.2. The van der Waals surface area contributed by atoms with Gasteiger partial charge in [0.25, 0.3) is 0 Å². The second-order valence-corrected chi connectivity index (χ2v) is 5.00. The average Bonchev–Trinajstić information content (AvgIpc) is 2.03. The van der Waals surface area contributed by atoms with E-state index in [9.17, 15) is 4.39 Å². The number of rotatable bonds is 2. The van der Waals surface area contributed by atoms with Gasteiger partial charge in [0.2, 0.25) is 0 Å².